The molecule has 1 aliphatic carbocycles. The summed E-state index contributed by atoms with van der Waals surface area (Å²) in [5.74, 6) is -0.940. The quantitative estimate of drug-likeness (QED) is 0.790. The Bertz CT molecular complexity index is 473. The number of benzene rings is 1. The third-order valence-electron chi connectivity index (χ3n) is 3.32. The smallest absolute Gasteiger partial charge is 0.405 e. The van der Waals surface area contributed by atoms with Crippen molar-refractivity contribution in [1.82, 2.24) is 0 Å². The first-order chi connectivity index (χ1) is 8.88. The van der Waals surface area contributed by atoms with E-state index in [0.29, 0.717) is 12.8 Å². The van der Waals surface area contributed by atoms with Gasteiger partial charge >= 0.3 is 6.36 Å². The number of carbonyl (C=O) groups excluding carboxylic acids is 1. The highest BCUT2D eigenvalue weighted by molar-refractivity contribution is 6.05. The molecule has 1 aromatic carbocycles. The monoisotopic (exact) mass is 274 g/mol. The Labute approximate surface area is 108 Å². The largest absolute Gasteiger partial charge is 0.573 e. The van der Waals surface area contributed by atoms with Crippen LogP contribution in [0.15, 0.2) is 24.3 Å². The Morgan fingerprint density at radius 3 is 2.37 bits per heavy atom. The Morgan fingerprint density at radius 1 is 1.26 bits per heavy atom. The van der Waals surface area contributed by atoms with Gasteiger partial charge in [-0.2, -0.15) is 0 Å². The van der Waals surface area contributed by atoms with Gasteiger partial charge in [-0.05, 0) is 31.4 Å². The molecule has 0 unspecified atom stereocenters. The second kappa shape index (κ2) is 4.85. The minimum Gasteiger partial charge on any atom is -0.405 e. The molecule has 0 aromatic heterocycles. The normalized spacial score (nSPS) is 17.7. The molecule has 1 aromatic rings. The zero-order valence-electron chi connectivity index (χ0n) is 10.3. The van der Waals surface area contributed by atoms with Crippen molar-refractivity contribution in [2.24, 2.45) is 0 Å². The van der Waals surface area contributed by atoms with Crippen LogP contribution in [0.1, 0.15) is 29.6 Å². The van der Waals surface area contributed by atoms with Gasteiger partial charge in [-0.1, -0.05) is 12.1 Å². The number of Topliss-reactive ketones (excluding diaryl/α,β-unsaturated/α-hetero) is 1. The van der Waals surface area contributed by atoms with E-state index in [-0.39, 0.29) is 5.56 Å². The van der Waals surface area contributed by atoms with Crippen LogP contribution in [0.4, 0.5) is 13.2 Å². The van der Waals surface area contributed by atoms with Gasteiger partial charge in [0, 0.05) is 7.11 Å². The van der Waals surface area contributed by atoms with E-state index < -0.39 is 23.5 Å². The standard InChI is InChI=1S/C13H13F3O3/c1-18-12(7-4-8-12)11(17)9-5-2-3-6-10(9)19-13(14,15)16/h2-3,5-6H,4,7-8H2,1H3. The summed E-state index contributed by atoms with van der Waals surface area (Å²) in [5, 5.41) is 0. The Kier molecular flexibility index (Phi) is 3.54. The number of rotatable bonds is 4. The topological polar surface area (TPSA) is 35.5 Å². The van der Waals surface area contributed by atoms with Crippen molar-refractivity contribution in [2.75, 3.05) is 7.11 Å². The van der Waals surface area contributed by atoms with Crippen LogP contribution in [0.3, 0.4) is 0 Å². The van der Waals surface area contributed by atoms with Crippen molar-refractivity contribution in [3.63, 3.8) is 0 Å². The summed E-state index contributed by atoms with van der Waals surface area (Å²) in [6, 6.07) is 5.34. The highest BCUT2D eigenvalue weighted by Gasteiger charge is 2.46. The molecule has 1 aliphatic rings. The molecule has 0 aliphatic heterocycles. The van der Waals surface area contributed by atoms with Gasteiger partial charge in [0.25, 0.3) is 0 Å². The highest BCUT2D eigenvalue weighted by atomic mass is 19.4. The van der Waals surface area contributed by atoms with Crippen LogP contribution in [-0.4, -0.2) is 24.9 Å². The molecule has 0 saturated heterocycles. The molecule has 19 heavy (non-hydrogen) atoms. The fourth-order valence-corrected chi connectivity index (χ4v) is 2.14. The maximum absolute atomic E-state index is 12.3. The molecule has 0 amide bonds. The van der Waals surface area contributed by atoms with Crippen LogP contribution in [0.2, 0.25) is 0 Å². The average Bonchev–Trinajstić information content (AvgIpc) is 2.26. The maximum Gasteiger partial charge on any atom is 0.573 e. The van der Waals surface area contributed by atoms with Crippen LogP contribution >= 0.6 is 0 Å². The van der Waals surface area contributed by atoms with Gasteiger partial charge in [-0.3, -0.25) is 4.79 Å². The van der Waals surface area contributed by atoms with Crippen molar-refractivity contribution in [3.05, 3.63) is 29.8 Å². The summed E-state index contributed by atoms with van der Waals surface area (Å²) >= 11 is 0. The van der Waals surface area contributed by atoms with E-state index in [1.54, 1.807) is 0 Å². The number of carbonyl (C=O) groups is 1. The summed E-state index contributed by atoms with van der Waals surface area (Å²) in [6.07, 6.45) is -2.97. The van der Waals surface area contributed by atoms with E-state index in [4.69, 9.17) is 4.74 Å². The van der Waals surface area contributed by atoms with Crippen LogP contribution in [0.5, 0.6) is 5.75 Å². The Hall–Kier alpha value is -1.56. The van der Waals surface area contributed by atoms with Gasteiger partial charge in [0.05, 0.1) is 5.56 Å². The van der Waals surface area contributed by atoms with Crippen molar-refractivity contribution in [2.45, 2.75) is 31.2 Å². The number of alkyl halides is 3. The lowest BCUT2D eigenvalue weighted by Gasteiger charge is -2.39. The van der Waals surface area contributed by atoms with E-state index in [0.717, 1.165) is 12.5 Å². The first-order valence-electron chi connectivity index (χ1n) is 5.83. The first kappa shape index (κ1) is 13.9. The molecule has 1 saturated carbocycles. The lowest BCUT2D eigenvalue weighted by Crippen LogP contribution is -2.47. The lowest BCUT2D eigenvalue weighted by atomic mass is 9.74. The molecule has 3 nitrogen and oxygen atoms in total. The van der Waals surface area contributed by atoms with Crippen molar-refractivity contribution >= 4 is 5.78 Å². The number of para-hydroxylation sites is 1. The lowest BCUT2D eigenvalue weighted by molar-refractivity contribution is -0.274. The fourth-order valence-electron chi connectivity index (χ4n) is 2.14. The Morgan fingerprint density at radius 2 is 1.89 bits per heavy atom. The van der Waals surface area contributed by atoms with Crippen molar-refractivity contribution in [1.29, 1.82) is 0 Å². The number of methoxy groups -OCH3 is 1. The van der Waals surface area contributed by atoms with Gasteiger partial charge in [-0.25, -0.2) is 0 Å². The number of ketones is 1. The van der Waals surface area contributed by atoms with E-state index in [9.17, 15) is 18.0 Å². The van der Waals surface area contributed by atoms with Crippen LogP contribution in [0.25, 0.3) is 0 Å². The second-order valence-electron chi connectivity index (χ2n) is 4.43. The van der Waals surface area contributed by atoms with Gasteiger partial charge < -0.3 is 9.47 Å². The molecule has 0 atom stereocenters. The molecule has 0 heterocycles. The van der Waals surface area contributed by atoms with Crippen LogP contribution in [0, 0.1) is 0 Å². The minimum atomic E-state index is -4.82. The van der Waals surface area contributed by atoms with E-state index in [1.165, 1.54) is 25.3 Å². The molecule has 0 spiro atoms. The molecule has 0 radical (unpaired) electrons. The first-order valence-corrected chi connectivity index (χ1v) is 5.83. The zero-order chi connectivity index (χ0) is 14.1. The molecule has 2 rings (SSSR count). The SMILES string of the molecule is COC1(C(=O)c2ccccc2OC(F)(F)F)CCC1. The van der Waals surface area contributed by atoms with Gasteiger partial charge in [0.1, 0.15) is 11.4 Å². The second-order valence-corrected chi connectivity index (χ2v) is 4.43. The molecule has 6 heteroatoms. The maximum atomic E-state index is 12.3. The summed E-state index contributed by atoms with van der Waals surface area (Å²) in [5.41, 5.74) is -1.09. The number of hydrogen-bond donors (Lipinski definition) is 0. The molecule has 104 valence electrons. The predicted molar refractivity (Wildman–Crippen MR) is 61.0 cm³/mol. The third-order valence-corrected chi connectivity index (χ3v) is 3.32. The minimum absolute atomic E-state index is 0.0959. The van der Waals surface area contributed by atoms with E-state index in [2.05, 4.69) is 4.74 Å². The molecule has 1 fully saturated rings. The van der Waals surface area contributed by atoms with Crippen molar-refractivity contribution < 1.29 is 27.4 Å². The summed E-state index contributed by atoms with van der Waals surface area (Å²) in [7, 11) is 1.39. The third kappa shape index (κ3) is 2.73. The highest BCUT2D eigenvalue weighted by Crippen LogP contribution is 2.40. The zero-order valence-corrected chi connectivity index (χ0v) is 10.3. The average molecular weight is 274 g/mol. The van der Waals surface area contributed by atoms with Crippen LogP contribution < -0.4 is 4.74 Å². The fraction of sp³-hybridized carbons (Fsp3) is 0.462. The van der Waals surface area contributed by atoms with Gasteiger partial charge in [-0.15, -0.1) is 13.2 Å². The van der Waals surface area contributed by atoms with Crippen LogP contribution in [-0.2, 0) is 4.74 Å². The van der Waals surface area contributed by atoms with E-state index >= 15 is 0 Å². The van der Waals surface area contributed by atoms with Gasteiger partial charge in [0.2, 0.25) is 0 Å². The molecular formula is C13H13F3O3. The number of ether oxygens (including phenoxy) is 2. The van der Waals surface area contributed by atoms with Gasteiger partial charge in [0.15, 0.2) is 5.78 Å². The summed E-state index contributed by atoms with van der Waals surface area (Å²) < 4.78 is 46.0. The predicted octanol–water partition coefficient (Wildman–Crippen LogP) is 3.34. The molecule has 0 N–H and O–H groups in total. The Balaban J connectivity index is 2.32. The van der Waals surface area contributed by atoms with Crippen molar-refractivity contribution in [3.8, 4) is 5.75 Å². The summed E-state index contributed by atoms with van der Waals surface area (Å²) in [6.45, 7) is 0. The number of halogens is 3. The number of hydrogen-bond acceptors (Lipinski definition) is 3. The summed E-state index contributed by atoms with van der Waals surface area (Å²) in [4.78, 5) is 12.3. The molecule has 0 bridgehead atoms. The van der Waals surface area contributed by atoms with E-state index in [1.807, 2.05) is 0 Å². The molecular weight excluding hydrogens is 261 g/mol.